The van der Waals surface area contributed by atoms with Gasteiger partial charge in [0.1, 0.15) is 0 Å². The van der Waals surface area contributed by atoms with Crippen molar-refractivity contribution in [1.29, 1.82) is 0 Å². The smallest absolute Gasteiger partial charge is 0.243 e. The zero-order valence-corrected chi connectivity index (χ0v) is 10.6. The maximum atomic E-state index is 12.1. The van der Waals surface area contributed by atoms with Crippen molar-refractivity contribution in [1.82, 2.24) is 10.2 Å². The van der Waals surface area contributed by atoms with E-state index in [2.05, 4.69) is 12.2 Å². The molecule has 0 spiro atoms. The average molecular weight is 224 g/mol. The second kappa shape index (κ2) is 4.74. The summed E-state index contributed by atoms with van der Waals surface area (Å²) in [6.07, 6.45) is 7.62. The molecule has 1 N–H and O–H groups in total. The summed E-state index contributed by atoms with van der Waals surface area (Å²) in [5.74, 6) is 1.18. The minimum Gasteiger partial charge on any atom is -0.328 e. The van der Waals surface area contributed by atoms with Gasteiger partial charge in [-0.1, -0.05) is 32.6 Å². The fourth-order valence-electron chi connectivity index (χ4n) is 2.86. The topological polar surface area (TPSA) is 32.3 Å². The first kappa shape index (κ1) is 11.9. The Morgan fingerprint density at radius 2 is 2.12 bits per heavy atom. The van der Waals surface area contributed by atoms with E-state index in [1.807, 2.05) is 11.8 Å². The van der Waals surface area contributed by atoms with Gasteiger partial charge >= 0.3 is 0 Å². The van der Waals surface area contributed by atoms with Gasteiger partial charge in [-0.05, 0) is 25.7 Å². The van der Waals surface area contributed by atoms with Gasteiger partial charge in [-0.15, -0.1) is 0 Å². The van der Waals surface area contributed by atoms with Crippen molar-refractivity contribution >= 4 is 5.91 Å². The van der Waals surface area contributed by atoms with Gasteiger partial charge in [0.05, 0.1) is 12.2 Å². The Kier molecular flexibility index (Phi) is 3.53. The lowest BCUT2D eigenvalue weighted by atomic mass is 9.99. The lowest BCUT2D eigenvalue weighted by Crippen LogP contribution is -2.43. The average Bonchev–Trinajstić information content (AvgIpc) is 2.88. The highest BCUT2D eigenvalue weighted by Gasteiger charge is 2.40. The summed E-state index contributed by atoms with van der Waals surface area (Å²) in [6, 6.07) is 0. The quantitative estimate of drug-likeness (QED) is 0.793. The molecule has 1 atom stereocenters. The lowest BCUT2D eigenvalue weighted by Gasteiger charge is -2.21. The molecule has 1 aliphatic heterocycles. The summed E-state index contributed by atoms with van der Waals surface area (Å²) >= 11 is 0. The summed E-state index contributed by atoms with van der Waals surface area (Å²) in [5, 5.41) is 3.33. The van der Waals surface area contributed by atoms with Gasteiger partial charge in [-0.2, -0.15) is 0 Å². The Morgan fingerprint density at radius 3 is 2.69 bits per heavy atom. The normalized spacial score (nSPS) is 31.6. The molecule has 1 saturated carbocycles. The second-order valence-electron chi connectivity index (χ2n) is 5.53. The van der Waals surface area contributed by atoms with Crippen LogP contribution in [-0.4, -0.2) is 29.6 Å². The lowest BCUT2D eigenvalue weighted by molar-refractivity contribution is -0.132. The van der Waals surface area contributed by atoms with E-state index in [4.69, 9.17) is 0 Å². The molecule has 2 aliphatic rings. The maximum Gasteiger partial charge on any atom is 0.243 e. The molecule has 0 bridgehead atoms. The van der Waals surface area contributed by atoms with Crippen LogP contribution in [0.3, 0.4) is 0 Å². The number of amides is 1. The third-order valence-electron chi connectivity index (χ3n) is 4.41. The minimum atomic E-state index is -0.296. The maximum absolute atomic E-state index is 12.1. The van der Waals surface area contributed by atoms with Crippen LogP contribution in [0.5, 0.6) is 0 Å². The predicted molar refractivity (Wildman–Crippen MR) is 65.0 cm³/mol. The number of rotatable bonds is 4. The van der Waals surface area contributed by atoms with Crippen LogP contribution in [0.15, 0.2) is 0 Å². The highest BCUT2D eigenvalue weighted by atomic mass is 16.2. The molecule has 1 aliphatic carbocycles. The van der Waals surface area contributed by atoms with Crippen LogP contribution in [0, 0.1) is 5.92 Å². The number of hydrogen-bond acceptors (Lipinski definition) is 2. The minimum absolute atomic E-state index is 0.296. The summed E-state index contributed by atoms with van der Waals surface area (Å²) in [7, 11) is 0. The molecule has 1 unspecified atom stereocenters. The SMILES string of the molecule is CCC1(C)NCN(CCC2CCCC2)C1=O. The van der Waals surface area contributed by atoms with Crippen molar-refractivity contribution in [3.8, 4) is 0 Å². The van der Waals surface area contributed by atoms with Gasteiger partial charge in [0.2, 0.25) is 5.91 Å². The molecule has 1 heterocycles. The monoisotopic (exact) mass is 224 g/mol. The fraction of sp³-hybridized carbons (Fsp3) is 0.923. The van der Waals surface area contributed by atoms with E-state index in [1.165, 1.54) is 32.1 Å². The van der Waals surface area contributed by atoms with Gasteiger partial charge < -0.3 is 4.90 Å². The van der Waals surface area contributed by atoms with Gasteiger partial charge in [0.25, 0.3) is 0 Å². The number of nitrogens with zero attached hydrogens (tertiary/aromatic N) is 1. The molecule has 1 amide bonds. The van der Waals surface area contributed by atoms with E-state index in [-0.39, 0.29) is 5.54 Å². The molecule has 3 nitrogen and oxygen atoms in total. The van der Waals surface area contributed by atoms with Crippen molar-refractivity contribution in [2.75, 3.05) is 13.2 Å². The van der Waals surface area contributed by atoms with Crippen LogP contribution in [0.2, 0.25) is 0 Å². The molecule has 16 heavy (non-hydrogen) atoms. The Balaban J connectivity index is 1.80. The van der Waals surface area contributed by atoms with E-state index in [9.17, 15) is 4.79 Å². The van der Waals surface area contributed by atoms with Gasteiger partial charge in [-0.25, -0.2) is 0 Å². The van der Waals surface area contributed by atoms with E-state index in [1.54, 1.807) is 0 Å². The van der Waals surface area contributed by atoms with Crippen LogP contribution in [-0.2, 0) is 4.79 Å². The summed E-state index contributed by atoms with van der Waals surface area (Å²) < 4.78 is 0. The second-order valence-corrected chi connectivity index (χ2v) is 5.53. The van der Waals surface area contributed by atoms with E-state index >= 15 is 0 Å². The number of nitrogens with one attached hydrogen (secondary N) is 1. The molecule has 0 aromatic carbocycles. The largest absolute Gasteiger partial charge is 0.328 e. The molecule has 2 fully saturated rings. The molecule has 1 saturated heterocycles. The van der Waals surface area contributed by atoms with Crippen LogP contribution in [0.25, 0.3) is 0 Å². The summed E-state index contributed by atoms with van der Waals surface area (Å²) in [6.45, 7) is 5.79. The molecule has 0 aromatic heterocycles. The van der Waals surface area contributed by atoms with Crippen LogP contribution in [0.1, 0.15) is 52.4 Å². The first-order valence-electron chi connectivity index (χ1n) is 6.70. The Labute approximate surface area is 98.6 Å². The van der Waals surface area contributed by atoms with Crippen molar-refractivity contribution < 1.29 is 4.79 Å². The van der Waals surface area contributed by atoms with E-state index in [0.717, 1.165) is 25.6 Å². The highest BCUT2D eigenvalue weighted by molar-refractivity contribution is 5.87. The molecular weight excluding hydrogens is 200 g/mol. The van der Waals surface area contributed by atoms with E-state index in [0.29, 0.717) is 5.91 Å². The first-order valence-corrected chi connectivity index (χ1v) is 6.70. The Hall–Kier alpha value is -0.570. The predicted octanol–water partition coefficient (Wildman–Crippen LogP) is 2.12. The van der Waals surface area contributed by atoms with Crippen LogP contribution >= 0.6 is 0 Å². The van der Waals surface area contributed by atoms with Crippen LogP contribution in [0.4, 0.5) is 0 Å². The van der Waals surface area contributed by atoms with Crippen molar-refractivity contribution in [2.45, 2.75) is 57.9 Å². The molecule has 0 aromatic rings. The van der Waals surface area contributed by atoms with Crippen molar-refractivity contribution in [2.24, 2.45) is 5.92 Å². The zero-order chi connectivity index (χ0) is 11.6. The number of carbonyl (C=O) groups is 1. The number of hydrogen-bond donors (Lipinski definition) is 1. The van der Waals surface area contributed by atoms with Crippen molar-refractivity contribution in [3.05, 3.63) is 0 Å². The fourth-order valence-corrected chi connectivity index (χ4v) is 2.86. The zero-order valence-electron chi connectivity index (χ0n) is 10.6. The van der Waals surface area contributed by atoms with Gasteiger partial charge in [0.15, 0.2) is 0 Å². The van der Waals surface area contributed by atoms with Gasteiger partial charge in [-0.3, -0.25) is 10.1 Å². The molecule has 0 radical (unpaired) electrons. The van der Waals surface area contributed by atoms with E-state index < -0.39 is 0 Å². The van der Waals surface area contributed by atoms with Gasteiger partial charge in [0, 0.05) is 6.54 Å². The molecule has 3 heteroatoms. The molecule has 2 rings (SSSR count). The third kappa shape index (κ3) is 2.24. The number of carbonyl (C=O) groups excluding carboxylic acids is 1. The Bertz CT molecular complexity index is 261. The summed E-state index contributed by atoms with van der Waals surface area (Å²) in [5.41, 5.74) is -0.296. The summed E-state index contributed by atoms with van der Waals surface area (Å²) in [4.78, 5) is 14.1. The molecular formula is C13H24N2O. The standard InChI is InChI=1S/C13H24N2O/c1-3-13(2)12(16)15(10-14-13)9-8-11-6-4-5-7-11/h11,14H,3-10H2,1-2H3. The Morgan fingerprint density at radius 1 is 1.44 bits per heavy atom. The first-order chi connectivity index (χ1) is 7.65. The molecule has 92 valence electrons. The third-order valence-corrected chi connectivity index (χ3v) is 4.41. The highest BCUT2D eigenvalue weighted by Crippen LogP contribution is 2.28. The van der Waals surface area contributed by atoms with Crippen molar-refractivity contribution in [3.63, 3.8) is 0 Å². The van der Waals surface area contributed by atoms with Crippen LogP contribution < -0.4 is 5.32 Å².